The molecule has 0 saturated heterocycles. The van der Waals surface area contributed by atoms with E-state index >= 15 is 0 Å². The van der Waals surface area contributed by atoms with Crippen molar-refractivity contribution in [3.05, 3.63) is 66.0 Å². The molecule has 3 N–H and O–H groups in total. The van der Waals surface area contributed by atoms with Crippen LogP contribution in [0.15, 0.2) is 43.0 Å². The van der Waals surface area contributed by atoms with Crippen LogP contribution in [0.3, 0.4) is 0 Å². The second kappa shape index (κ2) is 12.7. The van der Waals surface area contributed by atoms with Gasteiger partial charge in [-0.25, -0.2) is 15.0 Å². The average molecular weight is 477 g/mol. The number of nitrogens with one attached hydrogen (secondary N) is 3. The van der Waals surface area contributed by atoms with Crippen molar-refractivity contribution in [2.24, 2.45) is 0 Å². The standard InChI is InChI=1S/C27H40N8/c1-4-15-34(16-5-2)17-7-6-8-25-32-23-10-9-22(18-24(23)33-25)19-35(20-26-28-11-12-29-26)21(3)27-30-13-14-31-27/h9-14,18,21H,4-8,15-17,19-20H2,1-3H3,(H,28,29)(H,30,31)(H,32,33). The first-order valence-electron chi connectivity index (χ1n) is 13.1. The van der Waals surface area contributed by atoms with Crippen LogP contribution in [-0.4, -0.2) is 59.3 Å². The highest BCUT2D eigenvalue weighted by atomic mass is 15.2. The van der Waals surface area contributed by atoms with Crippen LogP contribution < -0.4 is 0 Å². The third-order valence-electron chi connectivity index (χ3n) is 6.57. The molecule has 188 valence electrons. The molecule has 0 bridgehead atoms. The summed E-state index contributed by atoms with van der Waals surface area (Å²) in [5, 5.41) is 0. The van der Waals surface area contributed by atoms with Gasteiger partial charge in [0.15, 0.2) is 0 Å². The number of aromatic nitrogens is 6. The number of imidazole rings is 3. The summed E-state index contributed by atoms with van der Waals surface area (Å²) in [6, 6.07) is 6.69. The normalized spacial score (nSPS) is 12.8. The summed E-state index contributed by atoms with van der Waals surface area (Å²) in [7, 11) is 0. The highest BCUT2D eigenvalue weighted by Gasteiger charge is 2.20. The largest absolute Gasteiger partial charge is 0.348 e. The highest BCUT2D eigenvalue weighted by molar-refractivity contribution is 5.75. The Morgan fingerprint density at radius 1 is 0.886 bits per heavy atom. The molecule has 0 radical (unpaired) electrons. The number of aromatic amines is 3. The Kier molecular flexibility index (Phi) is 9.08. The van der Waals surface area contributed by atoms with Crippen LogP contribution >= 0.6 is 0 Å². The number of benzene rings is 1. The maximum Gasteiger partial charge on any atom is 0.123 e. The zero-order valence-electron chi connectivity index (χ0n) is 21.4. The third-order valence-corrected chi connectivity index (χ3v) is 6.57. The molecule has 0 fully saturated rings. The van der Waals surface area contributed by atoms with Crippen LogP contribution in [0.4, 0.5) is 0 Å². The monoisotopic (exact) mass is 476 g/mol. The number of nitrogens with zero attached hydrogens (tertiary/aromatic N) is 5. The lowest BCUT2D eigenvalue weighted by Crippen LogP contribution is -2.27. The van der Waals surface area contributed by atoms with Crippen LogP contribution in [-0.2, 0) is 19.5 Å². The summed E-state index contributed by atoms with van der Waals surface area (Å²) in [6.45, 7) is 11.8. The molecular formula is C27H40N8. The topological polar surface area (TPSA) is 92.5 Å². The van der Waals surface area contributed by atoms with Gasteiger partial charge in [-0.2, -0.15) is 0 Å². The van der Waals surface area contributed by atoms with Gasteiger partial charge in [-0.15, -0.1) is 0 Å². The van der Waals surface area contributed by atoms with Crippen molar-refractivity contribution >= 4 is 11.0 Å². The van der Waals surface area contributed by atoms with Crippen molar-refractivity contribution in [1.29, 1.82) is 0 Å². The van der Waals surface area contributed by atoms with Crippen LogP contribution in [0, 0.1) is 0 Å². The van der Waals surface area contributed by atoms with Gasteiger partial charge in [-0.3, -0.25) is 4.90 Å². The Balaban J connectivity index is 1.39. The average Bonchev–Trinajstić information content (AvgIpc) is 3.63. The van der Waals surface area contributed by atoms with Crippen molar-refractivity contribution in [3.63, 3.8) is 0 Å². The fourth-order valence-electron chi connectivity index (χ4n) is 4.74. The molecule has 0 aliphatic rings. The molecule has 0 saturated carbocycles. The summed E-state index contributed by atoms with van der Waals surface area (Å²) in [4.78, 5) is 28.8. The third kappa shape index (κ3) is 7.02. The predicted molar refractivity (Wildman–Crippen MR) is 141 cm³/mol. The van der Waals surface area contributed by atoms with E-state index in [9.17, 15) is 0 Å². The molecule has 4 aromatic rings. The Bertz CT molecular complexity index is 1110. The van der Waals surface area contributed by atoms with Crippen LogP contribution in [0.5, 0.6) is 0 Å². The summed E-state index contributed by atoms with van der Waals surface area (Å²) < 4.78 is 0. The van der Waals surface area contributed by atoms with Gasteiger partial charge < -0.3 is 19.9 Å². The summed E-state index contributed by atoms with van der Waals surface area (Å²) in [5.41, 5.74) is 3.39. The number of rotatable bonds is 15. The van der Waals surface area contributed by atoms with Crippen LogP contribution in [0.1, 0.15) is 75.5 Å². The first-order chi connectivity index (χ1) is 17.2. The predicted octanol–water partition coefficient (Wildman–Crippen LogP) is 5.22. The molecule has 0 spiro atoms. The van der Waals surface area contributed by atoms with E-state index in [2.05, 4.69) is 73.7 Å². The van der Waals surface area contributed by atoms with E-state index < -0.39 is 0 Å². The van der Waals surface area contributed by atoms with Gasteiger partial charge in [0.2, 0.25) is 0 Å². The van der Waals surface area contributed by atoms with Gasteiger partial charge in [0.25, 0.3) is 0 Å². The van der Waals surface area contributed by atoms with Crippen LogP contribution in [0.25, 0.3) is 11.0 Å². The summed E-state index contributed by atoms with van der Waals surface area (Å²) in [5.74, 6) is 2.99. The smallest absolute Gasteiger partial charge is 0.123 e. The van der Waals surface area contributed by atoms with Crippen molar-refractivity contribution in [1.82, 2.24) is 39.7 Å². The van der Waals surface area contributed by atoms with E-state index in [1.165, 1.54) is 44.5 Å². The van der Waals surface area contributed by atoms with Gasteiger partial charge >= 0.3 is 0 Å². The first kappa shape index (κ1) is 25.1. The molecule has 3 aromatic heterocycles. The van der Waals surface area contributed by atoms with Gasteiger partial charge in [-0.05, 0) is 69.9 Å². The van der Waals surface area contributed by atoms with Gasteiger partial charge in [0.05, 0.1) is 23.6 Å². The Morgan fingerprint density at radius 3 is 2.40 bits per heavy atom. The molecule has 1 aromatic carbocycles. The van der Waals surface area contributed by atoms with Crippen molar-refractivity contribution in [2.75, 3.05) is 19.6 Å². The molecule has 4 rings (SSSR count). The van der Waals surface area contributed by atoms with E-state index in [4.69, 9.17) is 4.98 Å². The van der Waals surface area contributed by atoms with Gasteiger partial charge in [-0.1, -0.05) is 19.9 Å². The number of hydrogen-bond donors (Lipinski definition) is 3. The quantitative estimate of drug-likeness (QED) is 0.205. The summed E-state index contributed by atoms with van der Waals surface area (Å²) in [6.07, 6.45) is 13.2. The van der Waals surface area contributed by atoms with Gasteiger partial charge in [0.1, 0.15) is 17.5 Å². The fraction of sp³-hybridized carbons (Fsp3) is 0.519. The lowest BCUT2D eigenvalue weighted by molar-refractivity contribution is 0.181. The number of unbranched alkanes of at least 4 members (excludes halogenated alkanes) is 1. The van der Waals surface area contributed by atoms with Gasteiger partial charge in [0, 0.05) is 37.8 Å². The highest BCUT2D eigenvalue weighted by Crippen LogP contribution is 2.23. The Hall–Kier alpha value is -2.97. The van der Waals surface area contributed by atoms with Crippen LogP contribution in [0.2, 0.25) is 0 Å². The second-order valence-corrected chi connectivity index (χ2v) is 9.42. The maximum absolute atomic E-state index is 4.85. The van der Waals surface area contributed by atoms with E-state index in [1.807, 2.05) is 12.4 Å². The van der Waals surface area contributed by atoms with Crippen molar-refractivity contribution < 1.29 is 0 Å². The SMILES string of the molecule is CCCN(CCC)CCCCc1nc2ccc(CN(Cc3ncc[nH]3)C(C)c3ncc[nH]3)cc2[nH]1. The minimum Gasteiger partial charge on any atom is -0.348 e. The fourth-order valence-corrected chi connectivity index (χ4v) is 4.74. The van der Waals surface area contributed by atoms with E-state index in [0.717, 1.165) is 47.9 Å². The molecule has 1 atom stereocenters. The zero-order chi connectivity index (χ0) is 24.5. The van der Waals surface area contributed by atoms with Crippen molar-refractivity contribution in [2.45, 2.75) is 72.0 Å². The number of hydrogen-bond acceptors (Lipinski definition) is 5. The molecule has 8 nitrogen and oxygen atoms in total. The molecule has 1 unspecified atom stereocenters. The number of fused-ring (bicyclic) bond motifs is 1. The van der Waals surface area contributed by atoms with E-state index in [-0.39, 0.29) is 6.04 Å². The summed E-state index contributed by atoms with van der Waals surface area (Å²) >= 11 is 0. The Morgan fingerprint density at radius 2 is 1.69 bits per heavy atom. The minimum absolute atomic E-state index is 0.128. The lowest BCUT2D eigenvalue weighted by Gasteiger charge is -2.27. The maximum atomic E-state index is 4.85. The molecule has 35 heavy (non-hydrogen) atoms. The zero-order valence-corrected chi connectivity index (χ0v) is 21.4. The molecule has 8 heteroatoms. The number of H-pyrrole nitrogens is 3. The lowest BCUT2D eigenvalue weighted by atomic mass is 10.1. The molecule has 0 aliphatic carbocycles. The minimum atomic E-state index is 0.128. The van der Waals surface area contributed by atoms with Crippen molar-refractivity contribution in [3.8, 4) is 0 Å². The molecular weight excluding hydrogens is 436 g/mol. The molecule has 0 amide bonds. The Labute approximate surface area is 208 Å². The second-order valence-electron chi connectivity index (χ2n) is 9.42. The number of aryl methyl sites for hydroxylation is 1. The van der Waals surface area contributed by atoms with E-state index in [1.54, 1.807) is 12.4 Å². The van der Waals surface area contributed by atoms with E-state index in [0.29, 0.717) is 6.54 Å². The first-order valence-corrected chi connectivity index (χ1v) is 13.1. The molecule has 0 aliphatic heterocycles. The molecule has 3 heterocycles.